The van der Waals surface area contributed by atoms with Crippen LogP contribution >= 0.6 is 0 Å². The summed E-state index contributed by atoms with van der Waals surface area (Å²) in [6, 6.07) is 8.96. The van der Waals surface area contributed by atoms with Gasteiger partial charge < -0.3 is 10.4 Å². The number of phenolic OH excluding ortho intramolecular Hbond substituents is 1. The summed E-state index contributed by atoms with van der Waals surface area (Å²) < 4.78 is 0. The number of nitrogens with one attached hydrogen (secondary N) is 1. The first-order chi connectivity index (χ1) is 9.90. The van der Waals surface area contributed by atoms with E-state index in [0.717, 1.165) is 11.1 Å². The first-order valence-corrected chi connectivity index (χ1v) is 6.25. The highest BCUT2D eigenvalue weighted by Crippen LogP contribution is 2.33. The number of carbonyl (C=O) groups excluding carboxylic acids is 1. The average Bonchev–Trinajstić information content (AvgIpc) is 2.43. The Kier molecular flexibility index (Phi) is 3.89. The third-order valence-corrected chi connectivity index (χ3v) is 3.22. The fourth-order valence-electron chi connectivity index (χ4n) is 1.88. The second-order valence-electron chi connectivity index (χ2n) is 4.68. The molecule has 0 heterocycles. The van der Waals surface area contributed by atoms with Crippen LogP contribution < -0.4 is 5.32 Å². The van der Waals surface area contributed by atoms with E-state index < -0.39 is 10.8 Å². The summed E-state index contributed by atoms with van der Waals surface area (Å²) in [6.45, 7) is 3.79. The first kappa shape index (κ1) is 14.5. The second kappa shape index (κ2) is 5.62. The summed E-state index contributed by atoms with van der Waals surface area (Å²) in [5.41, 5.74) is 1.79. The zero-order valence-corrected chi connectivity index (χ0v) is 11.6. The number of hydrogen-bond acceptors (Lipinski definition) is 4. The molecule has 2 aromatic carbocycles. The molecule has 6 heteroatoms. The number of nitro groups is 1. The minimum Gasteiger partial charge on any atom is -0.505 e. The van der Waals surface area contributed by atoms with Crippen LogP contribution in [0, 0.1) is 24.0 Å². The van der Waals surface area contributed by atoms with Crippen LogP contribution in [0.25, 0.3) is 0 Å². The number of para-hydroxylation sites is 1. The molecule has 2 rings (SSSR count). The number of anilines is 1. The van der Waals surface area contributed by atoms with Crippen LogP contribution in [0.5, 0.6) is 5.75 Å². The third-order valence-electron chi connectivity index (χ3n) is 3.22. The van der Waals surface area contributed by atoms with Crippen molar-refractivity contribution in [3.8, 4) is 5.75 Å². The molecule has 0 saturated heterocycles. The lowest BCUT2D eigenvalue weighted by molar-refractivity contribution is -0.384. The molecule has 6 nitrogen and oxygen atoms in total. The van der Waals surface area contributed by atoms with Gasteiger partial charge in [0.05, 0.1) is 4.92 Å². The van der Waals surface area contributed by atoms with Crippen LogP contribution in [-0.2, 0) is 0 Å². The van der Waals surface area contributed by atoms with E-state index >= 15 is 0 Å². The molecule has 0 aliphatic heterocycles. The molecule has 21 heavy (non-hydrogen) atoms. The number of carbonyl (C=O) groups is 1. The van der Waals surface area contributed by atoms with Crippen molar-refractivity contribution in [1.29, 1.82) is 0 Å². The SMILES string of the molecule is Cc1ccc(C(=O)Nc2c(O)cccc2[N+](=O)[O-])cc1C. The second-order valence-corrected chi connectivity index (χ2v) is 4.68. The van der Waals surface area contributed by atoms with Gasteiger partial charge in [-0.05, 0) is 43.2 Å². The maximum Gasteiger partial charge on any atom is 0.296 e. The van der Waals surface area contributed by atoms with Crippen LogP contribution in [0.2, 0.25) is 0 Å². The van der Waals surface area contributed by atoms with E-state index in [1.54, 1.807) is 18.2 Å². The van der Waals surface area contributed by atoms with Gasteiger partial charge in [0.25, 0.3) is 11.6 Å². The van der Waals surface area contributed by atoms with Crippen molar-refractivity contribution in [3.63, 3.8) is 0 Å². The van der Waals surface area contributed by atoms with Gasteiger partial charge >= 0.3 is 0 Å². The van der Waals surface area contributed by atoms with E-state index in [9.17, 15) is 20.0 Å². The summed E-state index contributed by atoms with van der Waals surface area (Å²) in [7, 11) is 0. The van der Waals surface area contributed by atoms with E-state index in [1.165, 1.54) is 18.2 Å². The summed E-state index contributed by atoms with van der Waals surface area (Å²) in [5, 5.41) is 23.0. The highest BCUT2D eigenvalue weighted by Gasteiger charge is 2.20. The monoisotopic (exact) mass is 286 g/mol. The van der Waals surface area contributed by atoms with Crippen LogP contribution in [-0.4, -0.2) is 15.9 Å². The molecular formula is C15H14N2O4. The number of phenols is 1. The van der Waals surface area contributed by atoms with E-state index in [0.29, 0.717) is 5.56 Å². The maximum absolute atomic E-state index is 12.2. The predicted molar refractivity (Wildman–Crippen MR) is 78.6 cm³/mol. The quantitative estimate of drug-likeness (QED) is 0.515. The Balaban J connectivity index is 2.36. The smallest absolute Gasteiger partial charge is 0.296 e. The van der Waals surface area contributed by atoms with Gasteiger partial charge in [0.2, 0.25) is 0 Å². The Bertz CT molecular complexity index is 726. The molecule has 0 bridgehead atoms. The van der Waals surface area contributed by atoms with Crippen molar-refractivity contribution in [2.24, 2.45) is 0 Å². The lowest BCUT2D eigenvalue weighted by atomic mass is 10.1. The molecule has 0 fully saturated rings. The molecule has 1 amide bonds. The average molecular weight is 286 g/mol. The molecule has 0 aliphatic rings. The molecule has 0 radical (unpaired) electrons. The van der Waals surface area contributed by atoms with Gasteiger partial charge in [0.15, 0.2) is 5.69 Å². The number of benzene rings is 2. The van der Waals surface area contributed by atoms with Gasteiger partial charge in [-0.3, -0.25) is 14.9 Å². The van der Waals surface area contributed by atoms with Crippen LogP contribution in [0.3, 0.4) is 0 Å². The van der Waals surface area contributed by atoms with Crippen molar-refractivity contribution in [2.45, 2.75) is 13.8 Å². The minimum absolute atomic E-state index is 0.203. The Labute approximate surface area is 121 Å². The topological polar surface area (TPSA) is 92.5 Å². The fourth-order valence-corrected chi connectivity index (χ4v) is 1.88. The molecule has 0 spiro atoms. The van der Waals surface area contributed by atoms with Gasteiger partial charge in [-0.25, -0.2) is 0 Å². The number of nitrogens with zero attached hydrogens (tertiary/aromatic N) is 1. The van der Waals surface area contributed by atoms with Gasteiger partial charge in [0, 0.05) is 11.6 Å². The lowest BCUT2D eigenvalue weighted by Gasteiger charge is -2.09. The zero-order valence-electron chi connectivity index (χ0n) is 11.6. The summed E-state index contributed by atoms with van der Waals surface area (Å²) >= 11 is 0. The van der Waals surface area contributed by atoms with E-state index in [4.69, 9.17) is 0 Å². The minimum atomic E-state index is -0.657. The van der Waals surface area contributed by atoms with Gasteiger partial charge in [0.1, 0.15) is 5.75 Å². The molecule has 108 valence electrons. The molecule has 0 aromatic heterocycles. The molecule has 0 aliphatic carbocycles. The van der Waals surface area contributed by atoms with Gasteiger partial charge in [-0.15, -0.1) is 0 Å². The summed E-state index contributed by atoms with van der Waals surface area (Å²) in [6.07, 6.45) is 0. The van der Waals surface area contributed by atoms with Crippen molar-refractivity contribution in [1.82, 2.24) is 0 Å². The number of rotatable bonds is 3. The molecular weight excluding hydrogens is 272 g/mol. The molecule has 0 atom stereocenters. The molecule has 0 saturated carbocycles. The lowest BCUT2D eigenvalue weighted by Crippen LogP contribution is -2.13. The largest absolute Gasteiger partial charge is 0.505 e. The third kappa shape index (κ3) is 3.00. The van der Waals surface area contributed by atoms with Crippen LogP contribution in [0.15, 0.2) is 36.4 Å². The number of amides is 1. The Morgan fingerprint density at radius 1 is 1.19 bits per heavy atom. The number of hydrogen-bond donors (Lipinski definition) is 2. The number of nitro benzene ring substituents is 1. The van der Waals surface area contributed by atoms with Crippen molar-refractivity contribution in [2.75, 3.05) is 5.32 Å². The highest BCUT2D eigenvalue weighted by atomic mass is 16.6. The summed E-state index contributed by atoms with van der Waals surface area (Å²) in [4.78, 5) is 22.4. The molecule has 2 aromatic rings. The first-order valence-electron chi connectivity index (χ1n) is 6.25. The van der Waals surface area contributed by atoms with Gasteiger partial charge in [-0.2, -0.15) is 0 Å². The van der Waals surface area contributed by atoms with Crippen molar-refractivity contribution in [3.05, 3.63) is 63.2 Å². The Morgan fingerprint density at radius 3 is 2.52 bits per heavy atom. The standard InChI is InChI=1S/C15H14N2O4/c1-9-6-7-11(8-10(9)2)15(19)16-14-12(17(20)21)4-3-5-13(14)18/h3-8,18H,1-2H3,(H,16,19). The predicted octanol–water partition coefficient (Wildman–Crippen LogP) is 3.17. The van der Waals surface area contributed by atoms with Crippen LogP contribution in [0.4, 0.5) is 11.4 Å². The number of aromatic hydroxyl groups is 1. The highest BCUT2D eigenvalue weighted by molar-refractivity contribution is 6.06. The van der Waals surface area contributed by atoms with Crippen LogP contribution in [0.1, 0.15) is 21.5 Å². The van der Waals surface area contributed by atoms with E-state index in [2.05, 4.69) is 5.32 Å². The van der Waals surface area contributed by atoms with Crippen molar-refractivity contribution >= 4 is 17.3 Å². The van der Waals surface area contributed by atoms with Crippen molar-refractivity contribution < 1.29 is 14.8 Å². The van der Waals surface area contributed by atoms with E-state index in [-0.39, 0.29) is 17.1 Å². The zero-order chi connectivity index (χ0) is 15.6. The summed E-state index contributed by atoms with van der Waals surface area (Å²) in [5.74, 6) is -0.857. The van der Waals surface area contributed by atoms with E-state index in [1.807, 2.05) is 13.8 Å². The number of aryl methyl sites for hydroxylation is 2. The maximum atomic E-state index is 12.2. The Morgan fingerprint density at radius 2 is 1.90 bits per heavy atom. The van der Waals surface area contributed by atoms with Gasteiger partial charge in [-0.1, -0.05) is 12.1 Å². The molecule has 0 unspecified atom stereocenters. The normalized spacial score (nSPS) is 10.2. The molecule has 2 N–H and O–H groups in total. The Hall–Kier alpha value is -2.89. The fraction of sp³-hybridized carbons (Fsp3) is 0.133.